The fourth-order valence-corrected chi connectivity index (χ4v) is 5.08. The predicted molar refractivity (Wildman–Crippen MR) is 99.2 cm³/mol. The normalized spacial score (nSPS) is 29.2. The summed E-state index contributed by atoms with van der Waals surface area (Å²) in [6, 6.07) is 8.60. The Morgan fingerprint density at radius 3 is 2.44 bits per heavy atom. The molecule has 4 rings (SSSR count). The second kappa shape index (κ2) is 7.36. The first-order valence-corrected chi connectivity index (χ1v) is 9.95. The highest BCUT2D eigenvalue weighted by molar-refractivity contribution is 5.79. The van der Waals surface area contributed by atoms with Crippen molar-refractivity contribution in [3.05, 3.63) is 29.8 Å². The fourth-order valence-electron chi connectivity index (χ4n) is 5.08. The first kappa shape index (κ1) is 16.9. The van der Waals surface area contributed by atoms with E-state index in [4.69, 9.17) is 0 Å². The lowest BCUT2D eigenvalue weighted by Crippen LogP contribution is -2.34. The van der Waals surface area contributed by atoms with E-state index in [1.165, 1.54) is 30.5 Å². The van der Waals surface area contributed by atoms with Crippen LogP contribution < -0.4 is 10.2 Å². The minimum Gasteiger partial charge on any atom is -0.396 e. The van der Waals surface area contributed by atoms with Gasteiger partial charge >= 0.3 is 0 Å². The average molecular weight is 342 g/mol. The molecule has 2 bridgehead atoms. The van der Waals surface area contributed by atoms with E-state index in [0.29, 0.717) is 25.0 Å². The number of fused-ring (bicyclic) bond motifs is 2. The molecule has 0 aromatic heterocycles. The molecule has 1 aliphatic heterocycles. The third kappa shape index (κ3) is 3.69. The predicted octanol–water partition coefficient (Wildman–Crippen LogP) is 2.95. The number of aliphatic hydroxyl groups excluding tert-OH is 1. The lowest BCUT2D eigenvalue weighted by molar-refractivity contribution is -0.126. The van der Waals surface area contributed by atoms with E-state index in [1.807, 2.05) is 0 Å². The number of aliphatic hydroxyl groups is 1. The number of carbonyl (C=O) groups excluding carboxylic acids is 1. The summed E-state index contributed by atoms with van der Waals surface area (Å²) in [5.41, 5.74) is 2.42. The maximum absolute atomic E-state index is 12.4. The third-order valence-electron chi connectivity index (χ3n) is 6.72. The van der Waals surface area contributed by atoms with E-state index in [9.17, 15) is 9.90 Å². The monoisotopic (exact) mass is 342 g/mol. The Morgan fingerprint density at radius 2 is 1.84 bits per heavy atom. The molecule has 2 aliphatic carbocycles. The molecule has 4 heteroatoms. The minimum absolute atomic E-state index is 0.266. The molecule has 3 atom stereocenters. The van der Waals surface area contributed by atoms with Gasteiger partial charge in [0.15, 0.2) is 0 Å². The Labute approximate surface area is 150 Å². The molecule has 1 heterocycles. The number of piperidine rings is 1. The van der Waals surface area contributed by atoms with Crippen LogP contribution in [0.25, 0.3) is 0 Å². The summed E-state index contributed by atoms with van der Waals surface area (Å²) in [6.07, 6.45) is 7.12. The highest BCUT2D eigenvalue weighted by Crippen LogP contribution is 2.48. The Hall–Kier alpha value is -1.55. The van der Waals surface area contributed by atoms with Gasteiger partial charge in [-0.1, -0.05) is 18.6 Å². The van der Waals surface area contributed by atoms with E-state index in [1.54, 1.807) is 0 Å². The van der Waals surface area contributed by atoms with Crippen molar-refractivity contribution in [1.29, 1.82) is 0 Å². The van der Waals surface area contributed by atoms with E-state index in [2.05, 4.69) is 34.5 Å². The van der Waals surface area contributed by atoms with Crippen LogP contribution in [0.1, 0.15) is 44.1 Å². The highest BCUT2D eigenvalue weighted by atomic mass is 16.3. The summed E-state index contributed by atoms with van der Waals surface area (Å²) in [5, 5.41) is 12.4. The van der Waals surface area contributed by atoms with E-state index < -0.39 is 0 Å². The van der Waals surface area contributed by atoms with Crippen molar-refractivity contribution in [1.82, 2.24) is 5.32 Å². The molecule has 2 saturated carbocycles. The molecule has 0 spiro atoms. The topological polar surface area (TPSA) is 52.6 Å². The minimum atomic E-state index is 0.266. The lowest BCUT2D eigenvalue weighted by atomic mass is 9.88. The first-order chi connectivity index (χ1) is 12.2. The molecule has 3 unspecified atom stereocenters. The number of anilines is 1. The van der Waals surface area contributed by atoms with Crippen LogP contribution in [-0.2, 0) is 11.3 Å². The van der Waals surface area contributed by atoms with Crippen molar-refractivity contribution >= 4 is 11.6 Å². The quantitative estimate of drug-likeness (QED) is 0.865. The van der Waals surface area contributed by atoms with Crippen molar-refractivity contribution in [2.45, 2.75) is 45.1 Å². The number of nitrogens with zero attached hydrogens (tertiary/aromatic N) is 1. The summed E-state index contributed by atoms with van der Waals surface area (Å²) in [5.74, 6) is 2.47. The smallest absolute Gasteiger partial charge is 0.223 e. The van der Waals surface area contributed by atoms with E-state index in [-0.39, 0.29) is 11.8 Å². The summed E-state index contributed by atoms with van der Waals surface area (Å²) in [7, 11) is 0. The van der Waals surface area contributed by atoms with Crippen LogP contribution in [-0.4, -0.2) is 30.7 Å². The summed E-state index contributed by atoms with van der Waals surface area (Å²) in [4.78, 5) is 14.8. The SMILES string of the molecule is O=C(NCc1ccc(N2CCC(CO)CC2)cc1)C1CC2CCC1C2. The Balaban J connectivity index is 1.27. The lowest BCUT2D eigenvalue weighted by Gasteiger charge is -2.33. The van der Waals surface area contributed by atoms with Gasteiger partial charge in [-0.2, -0.15) is 0 Å². The number of rotatable bonds is 5. The van der Waals surface area contributed by atoms with Crippen LogP contribution in [0.4, 0.5) is 5.69 Å². The fraction of sp³-hybridized carbons (Fsp3) is 0.667. The molecule has 3 aliphatic rings. The van der Waals surface area contributed by atoms with Gasteiger partial charge < -0.3 is 15.3 Å². The summed E-state index contributed by atoms with van der Waals surface area (Å²) >= 11 is 0. The van der Waals surface area contributed by atoms with Gasteiger partial charge in [-0.15, -0.1) is 0 Å². The summed E-state index contributed by atoms with van der Waals surface area (Å²) in [6.45, 7) is 2.99. The van der Waals surface area contributed by atoms with Crippen molar-refractivity contribution in [3.8, 4) is 0 Å². The molecule has 2 N–H and O–H groups in total. The zero-order valence-corrected chi connectivity index (χ0v) is 15.0. The molecule has 1 saturated heterocycles. The van der Waals surface area contributed by atoms with Gasteiger partial charge in [0.25, 0.3) is 0 Å². The standard InChI is InChI=1S/C21H30N2O2/c24-14-16-7-9-23(10-8-16)19-5-2-15(3-6-19)13-22-21(25)20-12-17-1-4-18(20)11-17/h2-3,5-6,16-18,20,24H,1,4,7-14H2,(H,22,25). The van der Waals surface area contributed by atoms with Gasteiger partial charge in [0.05, 0.1) is 0 Å². The number of carbonyl (C=O) groups is 1. The maximum Gasteiger partial charge on any atom is 0.223 e. The van der Waals surface area contributed by atoms with Gasteiger partial charge in [0, 0.05) is 37.8 Å². The molecule has 4 nitrogen and oxygen atoms in total. The maximum atomic E-state index is 12.4. The van der Waals surface area contributed by atoms with Crippen molar-refractivity contribution in [2.75, 3.05) is 24.6 Å². The molecule has 136 valence electrons. The second-order valence-corrected chi connectivity index (χ2v) is 8.28. The van der Waals surface area contributed by atoms with Crippen LogP contribution in [0.3, 0.4) is 0 Å². The molecule has 3 fully saturated rings. The van der Waals surface area contributed by atoms with Gasteiger partial charge in [0.1, 0.15) is 0 Å². The Kier molecular flexibility index (Phi) is 4.98. The van der Waals surface area contributed by atoms with Gasteiger partial charge in [0.2, 0.25) is 5.91 Å². The molecule has 0 radical (unpaired) electrons. The number of hydrogen-bond donors (Lipinski definition) is 2. The van der Waals surface area contributed by atoms with Crippen molar-refractivity contribution in [2.24, 2.45) is 23.7 Å². The number of benzene rings is 1. The zero-order valence-electron chi connectivity index (χ0n) is 15.0. The van der Waals surface area contributed by atoms with Crippen LogP contribution in [0, 0.1) is 23.7 Å². The highest BCUT2D eigenvalue weighted by Gasteiger charge is 2.42. The second-order valence-electron chi connectivity index (χ2n) is 8.28. The van der Waals surface area contributed by atoms with Crippen molar-refractivity contribution < 1.29 is 9.90 Å². The molecule has 25 heavy (non-hydrogen) atoms. The first-order valence-electron chi connectivity index (χ1n) is 9.95. The molecule has 1 amide bonds. The van der Waals surface area contributed by atoms with Crippen LogP contribution >= 0.6 is 0 Å². The van der Waals surface area contributed by atoms with Gasteiger partial charge in [-0.25, -0.2) is 0 Å². The Morgan fingerprint density at radius 1 is 1.08 bits per heavy atom. The average Bonchev–Trinajstić information content (AvgIpc) is 3.30. The van der Waals surface area contributed by atoms with Gasteiger partial charge in [-0.05, 0) is 67.6 Å². The third-order valence-corrected chi connectivity index (χ3v) is 6.72. The molecule has 1 aromatic rings. The number of amides is 1. The van der Waals surface area contributed by atoms with Gasteiger partial charge in [-0.3, -0.25) is 4.79 Å². The van der Waals surface area contributed by atoms with Crippen molar-refractivity contribution in [3.63, 3.8) is 0 Å². The van der Waals surface area contributed by atoms with E-state index >= 15 is 0 Å². The number of hydrogen-bond acceptors (Lipinski definition) is 3. The molecule has 1 aromatic carbocycles. The van der Waals surface area contributed by atoms with Crippen LogP contribution in [0.5, 0.6) is 0 Å². The van der Waals surface area contributed by atoms with Crippen LogP contribution in [0.2, 0.25) is 0 Å². The molecular weight excluding hydrogens is 312 g/mol. The summed E-state index contributed by atoms with van der Waals surface area (Å²) < 4.78 is 0. The Bertz CT molecular complexity index is 592. The largest absolute Gasteiger partial charge is 0.396 e. The molecular formula is C21H30N2O2. The number of nitrogens with one attached hydrogen (secondary N) is 1. The zero-order chi connectivity index (χ0) is 17.2. The van der Waals surface area contributed by atoms with Crippen LogP contribution in [0.15, 0.2) is 24.3 Å². The van der Waals surface area contributed by atoms with E-state index in [0.717, 1.165) is 38.3 Å².